The fourth-order valence-corrected chi connectivity index (χ4v) is 2.51. The van der Waals surface area contributed by atoms with Crippen LogP contribution in [0.1, 0.15) is 53.9 Å². The summed E-state index contributed by atoms with van der Waals surface area (Å²) in [4.78, 5) is 14.7. The maximum atomic E-state index is 12.6. The molecule has 0 aromatic heterocycles. The lowest BCUT2D eigenvalue weighted by Gasteiger charge is -2.36. The van der Waals surface area contributed by atoms with Crippen LogP contribution in [-0.4, -0.2) is 35.6 Å². The molecule has 4 atom stereocenters. The van der Waals surface area contributed by atoms with Crippen molar-refractivity contribution in [2.45, 2.75) is 72.1 Å². The first-order valence-corrected chi connectivity index (χ1v) is 6.96. The summed E-state index contributed by atoms with van der Waals surface area (Å²) in [6.45, 7) is 11.3. The van der Waals surface area contributed by atoms with E-state index in [-0.39, 0.29) is 12.0 Å². The summed E-state index contributed by atoms with van der Waals surface area (Å²) in [6.07, 6.45) is 2.98. The molecule has 1 heterocycles. The summed E-state index contributed by atoms with van der Waals surface area (Å²) in [5.74, 6) is 0.358. The molecule has 100 valence electrons. The molecule has 1 rings (SSSR count). The Hall–Kier alpha value is -0.570. The fraction of sp³-hybridized carbons (Fsp3) is 0.929. The molecule has 1 aliphatic heterocycles. The van der Waals surface area contributed by atoms with Crippen molar-refractivity contribution in [2.75, 3.05) is 6.61 Å². The molecule has 0 aromatic rings. The molecule has 0 unspecified atom stereocenters. The molecule has 3 nitrogen and oxygen atoms in total. The number of ether oxygens (including phenoxy) is 1. The van der Waals surface area contributed by atoms with Crippen molar-refractivity contribution in [3.8, 4) is 0 Å². The Morgan fingerprint density at radius 2 is 1.82 bits per heavy atom. The van der Waals surface area contributed by atoms with Crippen molar-refractivity contribution in [1.29, 1.82) is 0 Å². The van der Waals surface area contributed by atoms with Crippen molar-refractivity contribution < 1.29 is 9.53 Å². The highest BCUT2D eigenvalue weighted by Crippen LogP contribution is 2.25. The third-order valence-corrected chi connectivity index (χ3v) is 4.08. The summed E-state index contributed by atoms with van der Waals surface area (Å²) in [5, 5.41) is 0. The summed E-state index contributed by atoms with van der Waals surface area (Å²) in [7, 11) is 0. The van der Waals surface area contributed by atoms with E-state index in [0.717, 1.165) is 25.9 Å². The van der Waals surface area contributed by atoms with Gasteiger partial charge in [0.25, 0.3) is 0 Å². The number of carbonyl (C=O) groups excluding carboxylic acids is 1. The highest BCUT2D eigenvalue weighted by molar-refractivity contribution is 5.80. The normalized spacial score (nSPS) is 27.8. The van der Waals surface area contributed by atoms with Crippen LogP contribution in [0.3, 0.4) is 0 Å². The van der Waals surface area contributed by atoms with Crippen molar-refractivity contribution in [1.82, 2.24) is 4.90 Å². The van der Waals surface area contributed by atoms with Crippen LogP contribution in [0.4, 0.5) is 0 Å². The SMILES string of the molecule is CC[C@H](C)N(C(=O)[C@@H]1CCO[C@H]1C)[C@@H](C)CC. The second-order valence-corrected chi connectivity index (χ2v) is 5.23. The molecule has 1 fully saturated rings. The summed E-state index contributed by atoms with van der Waals surface area (Å²) < 4.78 is 5.52. The Morgan fingerprint density at radius 3 is 2.18 bits per heavy atom. The zero-order valence-corrected chi connectivity index (χ0v) is 11.9. The van der Waals surface area contributed by atoms with Gasteiger partial charge in [0.05, 0.1) is 12.0 Å². The van der Waals surface area contributed by atoms with E-state index in [0.29, 0.717) is 18.0 Å². The highest BCUT2D eigenvalue weighted by Gasteiger charge is 2.36. The van der Waals surface area contributed by atoms with E-state index < -0.39 is 0 Å². The molecule has 0 saturated carbocycles. The lowest BCUT2D eigenvalue weighted by atomic mass is 9.98. The standard InChI is InChI=1S/C14H27NO2/c1-6-10(3)15(11(4)7-2)14(16)13-8-9-17-12(13)5/h10-13H,6-9H2,1-5H3/t10-,11-,12-,13+/m0/s1. The van der Waals surface area contributed by atoms with E-state index in [2.05, 4.69) is 32.6 Å². The molecule has 1 amide bonds. The van der Waals surface area contributed by atoms with Crippen LogP contribution in [0.5, 0.6) is 0 Å². The number of rotatable bonds is 5. The van der Waals surface area contributed by atoms with Gasteiger partial charge in [-0.3, -0.25) is 4.79 Å². The van der Waals surface area contributed by atoms with Crippen molar-refractivity contribution in [3.05, 3.63) is 0 Å². The number of hydrogen-bond donors (Lipinski definition) is 0. The van der Waals surface area contributed by atoms with Gasteiger partial charge >= 0.3 is 0 Å². The minimum absolute atomic E-state index is 0.0676. The monoisotopic (exact) mass is 241 g/mol. The molecular weight excluding hydrogens is 214 g/mol. The van der Waals surface area contributed by atoms with E-state index in [1.807, 2.05) is 6.92 Å². The fourth-order valence-electron chi connectivity index (χ4n) is 2.51. The average molecular weight is 241 g/mol. The number of carbonyl (C=O) groups is 1. The van der Waals surface area contributed by atoms with Gasteiger partial charge < -0.3 is 9.64 Å². The molecule has 0 aromatic carbocycles. The summed E-state index contributed by atoms with van der Waals surface area (Å²) in [6, 6.07) is 0.649. The van der Waals surface area contributed by atoms with E-state index in [1.54, 1.807) is 0 Å². The van der Waals surface area contributed by atoms with Gasteiger partial charge in [-0.15, -0.1) is 0 Å². The lowest BCUT2D eigenvalue weighted by Crippen LogP contribution is -2.48. The van der Waals surface area contributed by atoms with Crippen molar-refractivity contribution in [2.24, 2.45) is 5.92 Å². The van der Waals surface area contributed by atoms with Gasteiger partial charge in [0.2, 0.25) is 5.91 Å². The third-order valence-electron chi connectivity index (χ3n) is 4.08. The zero-order chi connectivity index (χ0) is 13.0. The Morgan fingerprint density at radius 1 is 1.29 bits per heavy atom. The van der Waals surface area contributed by atoms with E-state index in [4.69, 9.17) is 4.74 Å². The van der Waals surface area contributed by atoms with E-state index >= 15 is 0 Å². The lowest BCUT2D eigenvalue weighted by molar-refractivity contribution is -0.141. The molecule has 0 aliphatic carbocycles. The van der Waals surface area contributed by atoms with Gasteiger partial charge in [-0.1, -0.05) is 13.8 Å². The minimum atomic E-state index is 0.0676. The van der Waals surface area contributed by atoms with Crippen LogP contribution >= 0.6 is 0 Å². The van der Waals surface area contributed by atoms with Gasteiger partial charge in [-0.05, 0) is 40.0 Å². The average Bonchev–Trinajstić information content (AvgIpc) is 2.74. The van der Waals surface area contributed by atoms with Gasteiger partial charge in [0.15, 0.2) is 0 Å². The van der Waals surface area contributed by atoms with Gasteiger partial charge in [0, 0.05) is 18.7 Å². The predicted molar refractivity (Wildman–Crippen MR) is 69.9 cm³/mol. The molecule has 3 heteroatoms. The summed E-state index contributed by atoms with van der Waals surface area (Å²) in [5.41, 5.74) is 0. The van der Waals surface area contributed by atoms with Crippen molar-refractivity contribution >= 4 is 5.91 Å². The van der Waals surface area contributed by atoms with E-state index in [1.165, 1.54) is 0 Å². The highest BCUT2D eigenvalue weighted by atomic mass is 16.5. The molecular formula is C14H27NO2. The molecule has 17 heavy (non-hydrogen) atoms. The van der Waals surface area contributed by atoms with Crippen LogP contribution < -0.4 is 0 Å². The topological polar surface area (TPSA) is 29.5 Å². The molecule has 0 N–H and O–H groups in total. The maximum Gasteiger partial charge on any atom is 0.228 e. The largest absolute Gasteiger partial charge is 0.378 e. The molecule has 0 bridgehead atoms. The molecule has 1 aliphatic rings. The zero-order valence-electron chi connectivity index (χ0n) is 11.9. The first-order chi connectivity index (χ1) is 8.02. The van der Waals surface area contributed by atoms with Crippen LogP contribution in [-0.2, 0) is 9.53 Å². The van der Waals surface area contributed by atoms with Gasteiger partial charge in [-0.25, -0.2) is 0 Å². The molecule has 1 saturated heterocycles. The minimum Gasteiger partial charge on any atom is -0.378 e. The third kappa shape index (κ3) is 3.21. The Kier molecular flexibility index (Phi) is 5.44. The number of hydrogen-bond acceptors (Lipinski definition) is 2. The first-order valence-electron chi connectivity index (χ1n) is 6.96. The first kappa shape index (κ1) is 14.5. The summed E-state index contributed by atoms with van der Waals surface area (Å²) >= 11 is 0. The van der Waals surface area contributed by atoms with Gasteiger partial charge in [-0.2, -0.15) is 0 Å². The smallest absolute Gasteiger partial charge is 0.228 e. The number of amides is 1. The second kappa shape index (κ2) is 6.39. The predicted octanol–water partition coefficient (Wildman–Crippen LogP) is 2.84. The van der Waals surface area contributed by atoms with Crippen molar-refractivity contribution in [3.63, 3.8) is 0 Å². The second-order valence-electron chi connectivity index (χ2n) is 5.23. The van der Waals surface area contributed by atoms with Crippen LogP contribution in [0.2, 0.25) is 0 Å². The van der Waals surface area contributed by atoms with Crippen LogP contribution in [0.15, 0.2) is 0 Å². The van der Waals surface area contributed by atoms with Crippen LogP contribution in [0.25, 0.3) is 0 Å². The number of nitrogens with zero attached hydrogens (tertiary/aromatic N) is 1. The van der Waals surface area contributed by atoms with Gasteiger partial charge in [0.1, 0.15) is 0 Å². The van der Waals surface area contributed by atoms with Crippen LogP contribution in [0, 0.1) is 5.92 Å². The Balaban J connectivity index is 2.78. The molecule has 0 spiro atoms. The quantitative estimate of drug-likeness (QED) is 0.740. The van der Waals surface area contributed by atoms with E-state index in [9.17, 15) is 4.79 Å². The Labute approximate surface area is 106 Å². The Bertz CT molecular complexity index is 245. The maximum absolute atomic E-state index is 12.6. The molecule has 0 radical (unpaired) electrons.